The molecule has 1 saturated carbocycles. The van der Waals surface area contributed by atoms with Gasteiger partial charge in [-0.3, -0.25) is 9.59 Å². The zero-order chi connectivity index (χ0) is 15.5. The van der Waals surface area contributed by atoms with Gasteiger partial charge in [0.2, 0.25) is 21.8 Å². The smallest absolute Gasteiger partial charge is 0.225 e. The molecule has 120 valence electrons. The lowest BCUT2D eigenvalue weighted by atomic mass is 10.1. The minimum Gasteiger partial charge on any atom is -0.354 e. The van der Waals surface area contributed by atoms with Crippen LogP contribution in [0.5, 0.6) is 0 Å². The van der Waals surface area contributed by atoms with Crippen LogP contribution < -0.4 is 10.0 Å². The van der Waals surface area contributed by atoms with Crippen molar-refractivity contribution in [2.45, 2.75) is 38.1 Å². The van der Waals surface area contributed by atoms with Crippen LogP contribution in [0.3, 0.4) is 0 Å². The lowest BCUT2D eigenvalue weighted by molar-refractivity contribution is -0.130. The van der Waals surface area contributed by atoms with E-state index >= 15 is 0 Å². The van der Waals surface area contributed by atoms with Crippen molar-refractivity contribution in [3.05, 3.63) is 0 Å². The molecule has 21 heavy (non-hydrogen) atoms. The number of carbonyl (C=O) groups excluding carboxylic acids is 2. The van der Waals surface area contributed by atoms with Crippen molar-refractivity contribution in [3.8, 4) is 0 Å². The minimum atomic E-state index is -3.23. The molecule has 0 aromatic carbocycles. The topological polar surface area (TPSA) is 95.6 Å². The Morgan fingerprint density at radius 1 is 1.29 bits per heavy atom. The molecule has 0 spiro atoms. The van der Waals surface area contributed by atoms with E-state index in [0.29, 0.717) is 12.6 Å². The van der Waals surface area contributed by atoms with Gasteiger partial charge in [-0.05, 0) is 12.8 Å². The highest BCUT2D eigenvalue weighted by atomic mass is 32.2. The Balaban J connectivity index is 1.75. The van der Waals surface area contributed by atoms with Gasteiger partial charge in [0.15, 0.2) is 0 Å². The Kier molecular flexibility index (Phi) is 5.21. The molecule has 1 atom stereocenters. The van der Waals surface area contributed by atoms with E-state index in [4.69, 9.17) is 0 Å². The van der Waals surface area contributed by atoms with Gasteiger partial charge >= 0.3 is 0 Å². The monoisotopic (exact) mass is 317 g/mol. The maximum atomic E-state index is 12.0. The number of rotatable bonds is 6. The molecule has 1 aliphatic heterocycles. The third-order valence-electron chi connectivity index (χ3n) is 4.08. The van der Waals surface area contributed by atoms with E-state index in [9.17, 15) is 18.0 Å². The second-order valence-electron chi connectivity index (χ2n) is 5.84. The van der Waals surface area contributed by atoms with E-state index in [1.165, 1.54) is 0 Å². The van der Waals surface area contributed by atoms with Crippen molar-refractivity contribution >= 4 is 21.8 Å². The molecule has 0 bridgehead atoms. The largest absolute Gasteiger partial charge is 0.354 e. The summed E-state index contributed by atoms with van der Waals surface area (Å²) in [5, 5.41) is 2.68. The van der Waals surface area contributed by atoms with E-state index < -0.39 is 10.0 Å². The summed E-state index contributed by atoms with van der Waals surface area (Å²) in [4.78, 5) is 25.9. The van der Waals surface area contributed by atoms with Gasteiger partial charge in [0, 0.05) is 32.1 Å². The molecule has 2 rings (SSSR count). The van der Waals surface area contributed by atoms with Crippen LogP contribution in [0, 0.1) is 5.92 Å². The second-order valence-corrected chi connectivity index (χ2v) is 7.68. The summed E-state index contributed by atoms with van der Waals surface area (Å²) >= 11 is 0. The average molecular weight is 317 g/mol. The molecule has 0 aromatic rings. The van der Waals surface area contributed by atoms with Crippen LogP contribution in [-0.4, -0.2) is 57.1 Å². The molecule has 2 N–H and O–H groups in total. The third-order valence-corrected chi connectivity index (χ3v) is 4.81. The van der Waals surface area contributed by atoms with E-state index in [1.54, 1.807) is 0 Å². The zero-order valence-corrected chi connectivity index (χ0v) is 13.1. The molecule has 1 saturated heterocycles. The summed E-state index contributed by atoms with van der Waals surface area (Å²) in [5.41, 5.74) is 0. The maximum Gasteiger partial charge on any atom is 0.225 e. The second kappa shape index (κ2) is 6.74. The summed E-state index contributed by atoms with van der Waals surface area (Å²) < 4.78 is 24.1. The number of nitrogens with zero attached hydrogens (tertiary/aromatic N) is 1. The van der Waals surface area contributed by atoms with Gasteiger partial charge in [-0.15, -0.1) is 0 Å². The fraction of sp³-hybridized carbons (Fsp3) is 0.846. The molecule has 8 heteroatoms. The van der Waals surface area contributed by atoms with Crippen LogP contribution in [-0.2, 0) is 19.6 Å². The van der Waals surface area contributed by atoms with Crippen molar-refractivity contribution in [1.29, 1.82) is 0 Å². The normalized spacial score (nSPS) is 23.8. The Bertz CT molecular complexity index is 500. The van der Waals surface area contributed by atoms with Gasteiger partial charge in [-0.25, -0.2) is 13.1 Å². The van der Waals surface area contributed by atoms with Gasteiger partial charge < -0.3 is 10.2 Å². The Morgan fingerprint density at radius 2 is 1.95 bits per heavy atom. The Morgan fingerprint density at radius 3 is 2.57 bits per heavy atom. The molecule has 2 fully saturated rings. The van der Waals surface area contributed by atoms with E-state index in [1.807, 2.05) is 4.90 Å². The van der Waals surface area contributed by atoms with Gasteiger partial charge in [0.05, 0.1) is 12.2 Å². The first-order chi connectivity index (χ1) is 9.87. The molecule has 1 aliphatic carbocycles. The molecule has 0 aromatic heterocycles. The number of likely N-dealkylation sites (tertiary alicyclic amines) is 1. The van der Waals surface area contributed by atoms with Gasteiger partial charge in [-0.2, -0.15) is 0 Å². The fourth-order valence-corrected chi connectivity index (χ4v) is 3.52. The van der Waals surface area contributed by atoms with Gasteiger partial charge in [0.25, 0.3) is 0 Å². The lowest BCUT2D eigenvalue weighted by Gasteiger charge is -2.23. The number of nitrogens with one attached hydrogen (secondary N) is 2. The Labute approximate surface area is 125 Å². The van der Waals surface area contributed by atoms with Gasteiger partial charge in [0.1, 0.15) is 0 Å². The number of carbonyl (C=O) groups is 2. The van der Waals surface area contributed by atoms with Crippen molar-refractivity contribution in [2.24, 2.45) is 5.92 Å². The minimum absolute atomic E-state index is 0.0660. The van der Waals surface area contributed by atoms with Crippen molar-refractivity contribution in [2.75, 3.05) is 25.9 Å². The summed E-state index contributed by atoms with van der Waals surface area (Å²) in [6.07, 6.45) is 5.73. The third kappa shape index (κ3) is 4.67. The highest BCUT2D eigenvalue weighted by molar-refractivity contribution is 7.88. The summed E-state index contributed by atoms with van der Waals surface area (Å²) in [6, 6.07) is 0.308. The zero-order valence-electron chi connectivity index (χ0n) is 12.3. The van der Waals surface area contributed by atoms with Crippen molar-refractivity contribution in [1.82, 2.24) is 14.9 Å². The highest BCUT2D eigenvalue weighted by Crippen LogP contribution is 2.29. The highest BCUT2D eigenvalue weighted by Gasteiger charge is 2.38. The first kappa shape index (κ1) is 16.2. The van der Waals surface area contributed by atoms with E-state index in [2.05, 4.69) is 10.0 Å². The molecule has 2 aliphatic rings. The first-order valence-corrected chi connectivity index (χ1v) is 9.28. The van der Waals surface area contributed by atoms with E-state index in [-0.39, 0.29) is 37.2 Å². The van der Waals surface area contributed by atoms with Crippen LogP contribution in [0.2, 0.25) is 0 Å². The predicted octanol–water partition coefficient (Wildman–Crippen LogP) is -0.557. The summed E-state index contributed by atoms with van der Waals surface area (Å²) in [7, 11) is -3.23. The van der Waals surface area contributed by atoms with E-state index in [0.717, 1.165) is 31.9 Å². The average Bonchev–Trinajstić information content (AvgIpc) is 3.01. The number of hydrogen-bond acceptors (Lipinski definition) is 4. The molecule has 0 unspecified atom stereocenters. The number of amides is 2. The molecule has 2 amide bonds. The lowest BCUT2D eigenvalue weighted by Crippen LogP contribution is -2.39. The molecular formula is C13H23N3O4S. The molecule has 1 heterocycles. The maximum absolute atomic E-state index is 12.0. The van der Waals surface area contributed by atoms with Crippen LogP contribution >= 0.6 is 0 Å². The standard InChI is InChI=1S/C13H23N3O4S/c1-21(19,20)15-7-6-14-13(18)10-8-12(17)16(9-10)11-4-2-3-5-11/h10-11,15H,2-9H2,1H3,(H,14,18)/t10-/m1/s1. The van der Waals surface area contributed by atoms with Crippen molar-refractivity contribution < 1.29 is 18.0 Å². The molecule has 7 nitrogen and oxygen atoms in total. The molecular weight excluding hydrogens is 294 g/mol. The number of hydrogen-bond donors (Lipinski definition) is 2. The fourth-order valence-electron chi connectivity index (χ4n) is 3.04. The van der Waals surface area contributed by atoms with Crippen LogP contribution in [0.1, 0.15) is 32.1 Å². The van der Waals surface area contributed by atoms with Gasteiger partial charge in [-0.1, -0.05) is 12.8 Å². The van der Waals surface area contributed by atoms with Crippen LogP contribution in [0.4, 0.5) is 0 Å². The Hall–Kier alpha value is -1.15. The number of sulfonamides is 1. The van der Waals surface area contributed by atoms with Crippen molar-refractivity contribution in [3.63, 3.8) is 0 Å². The van der Waals surface area contributed by atoms with Crippen LogP contribution in [0.15, 0.2) is 0 Å². The summed E-state index contributed by atoms with van der Waals surface area (Å²) in [6.45, 7) is 0.895. The van der Waals surface area contributed by atoms with Crippen LogP contribution in [0.25, 0.3) is 0 Å². The quantitative estimate of drug-likeness (QED) is 0.642. The first-order valence-electron chi connectivity index (χ1n) is 7.38. The summed E-state index contributed by atoms with van der Waals surface area (Å²) in [5.74, 6) is -0.410. The SMILES string of the molecule is CS(=O)(=O)NCCNC(=O)[C@@H]1CC(=O)N(C2CCCC2)C1. The predicted molar refractivity (Wildman–Crippen MR) is 77.9 cm³/mol. The molecule has 0 radical (unpaired) electrons.